The predicted molar refractivity (Wildman–Crippen MR) is 128 cm³/mol. The molecular formula is C25H24N6O3. The fourth-order valence-electron chi connectivity index (χ4n) is 3.94. The lowest BCUT2D eigenvalue weighted by Crippen LogP contribution is -2.31. The number of hydrogen-bond acceptors (Lipinski definition) is 8. The van der Waals surface area contributed by atoms with Crippen molar-refractivity contribution >= 4 is 23.4 Å². The molecule has 2 aromatic carbocycles. The Morgan fingerprint density at radius 2 is 2.00 bits per heavy atom. The average molecular weight is 457 g/mol. The number of hydrogen-bond donors (Lipinski definition) is 4. The Kier molecular flexibility index (Phi) is 5.92. The van der Waals surface area contributed by atoms with E-state index in [0.717, 1.165) is 28.9 Å². The van der Waals surface area contributed by atoms with Gasteiger partial charge in [0.25, 0.3) is 5.91 Å². The first-order valence-electron chi connectivity index (χ1n) is 11.0. The molecular weight excluding hydrogens is 432 g/mol. The highest BCUT2D eigenvalue weighted by Crippen LogP contribution is 2.31. The second-order valence-corrected chi connectivity index (χ2v) is 8.08. The highest BCUT2D eigenvalue weighted by Gasteiger charge is 2.19. The van der Waals surface area contributed by atoms with Crippen LogP contribution in [0.25, 0.3) is 11.3 Å². The van der Waals surface area contributed by atoms with Crippen molar-refractivity contribution in [1.82, 2.24) is 20.4 Å². The molecule has 34 heavy (non-hydrogen) atoms. The van der Waals surface area contributed by atoms with Gasteiger partial charge < -0.3 is 25.6 Å². The number of aryl methyl sites for hydroxylation is 1. The number of aliphatic hydroxyl groups is 1. The minimum Gasteiger partial charge on any atom is -0.394 e. The van der Waals surface area contributed by atoms with Gasteiger partial charge >= 0.3 is 0 Å². The van der Waals surface area contributed by atoms with E-state index in [1.165, 1.54) is 0 Å². The molecule has 0 radical (unpaired) electrons. The van der Waals surface area contributed by atoms with Crippen LogP contribution in [0.3, 0.4) is 0 Å². The van der Waals surface area contributed by atoms with Crippen LogP contribution in [0.2, 0.25) is 0 Å². The number of anilines is 3. The molecule has 0 fully saturated rings. The summed E-state index contributed by atoms with van der Waals surface area (Å²) in [6.45, 7) is 2.33. The molecule has 0 saturated carbocycles. The van der Waals surface area contributed by atoms with E-state index in [0.29, 0.717) is 35.2 Å². The maximum atomic E-state index is 12.0. The number of nitrogens with one attached hydrogen (secondary N) is 3. The molecule has 0 saturated heterocycles. The Balaban J connectivity index is 1.48. The van der Waals surface area contributed by atoms with Crippen molar-refractivity contribution in [3.05, 3.63) is 83.2 Å². The third kappa shape index (κ3) is 4.46. The molecule has 3 heterocycles. The van der Waals surface area contributed by atoms with Gasteiger partial charge in [-0.1, -0.05) is 35.5 Å². The first-order valence-corrected chi connectivity index (χ1v) is 11.0. The van der Waals surface area contributed by atoms with E-state index in [9.17, 15) is 9.90 Å². The summed E-state index contributed by atoms with van der Waals surface area (Å²) in [5.41, 5.74) is 4.73. The fraction of sp³-hybridized carbons (Fsp3) is 0.200. The Hall–Kier alpha value is -4.24. The number of rotatable bonds is 7. The number of nitrogens with zero attached hydrogens (tertiary/aromatic N) is 3. The number of benzene rings is 2. The van der Waals surface area contributed by atoms with Crippen LogP contribution in [0.4, 0.5) is 17.5 Å². The highest BCUT2D eigenvalue weighted by molar-refractivity contribution is 5.97. The van der Waals surface area contributed by atoms with Gasteiger partial charge in [-0.05, 0) is 42.7 Å². The third-order valence-corrected chi connectivity index (χ3v) is 5.66. The van der Waals surface area contributed by atoms with E-state index < -0.39 is 0 Å². The number of carbonyl (C=O) groups excluding carboxylic acids is 1. The molecule has 9 heteroatoms. The van der Waals surface area contributed by atoms with Gasteiger partial charge in [-0.15, -0.1) is 0 Å². The Morgan fingerprint density at radius 3 is 2.76 bits per heavy atom. The van der Waals surface area contributed by atoms with Gasteiger partial charge in [-0.2, -0.15) is 4.98 Å². The van der Waals surface area contributed by atoms with Crippen LogP contribution < -0.4 is 16.0 Å². The van der Waals surface area contributed by atoms with Crippen LogP contribution in [0.15, 0.2) is 65.3 Å². The van der Waals surface area contributed by atoms with E-state index in [1.54, 1.807) is 12.3 Å². The molecule has 4 aromatic rings. The van der Waals surface area contributed by atoms with Crippen LogP contribution >= 0.6 is 0 Å². The minimum atomic E-state index is -0.381. The molecule has 172 valence electrons. The first-order chi connectivity index (χ1) is 16.6. The lowest BCUT2D eigenvalue weighted by molar-refractivity contribution is 0.0946. The van der Waals surface area contributed by atoms with Gasteiger partial charge in [0.15, 0.2) is 5.76 Å². The fourth-order valence-corrected chi connectivity index (χ4v) is 3.94. The predicted octanol–water partition coefficient (Wildman–Crippen LogP) is 3.62. The van der Waals surface area contributed by atoms with Gasteiger partial charge in [0.05, 0.1) is 23.9 Å². The van der Waals surface area contributed by atoms with Gasteiger partial charge in [-0.25, -0.2) is 4.98 Å². The summed E-state index contributed by atoms with van der Waals surface area (Å²) in [4.78, 5) is 21.2. The maximum Gasteiger partial charge on any atom is 0.251 e. The van der Waals surface area contributed by atoms with Crippen molar-refractivity contribution in [2.45, 2.75) is 19.4 Å². The molecule has 0 bridgehead atoms. The molecule has 1 atom stereocenters. The van der Waals surface area contributed by atoms with Crippen LogP contribution in [0.5, 0.6) is 0 Å². The summed E-state index contributed by atoms with van der Waals surface area (Å²) < 4.78 is 5.45. The summed E-state index contributed by atoms with van der Waals surface area (Å²) in [5, 5.41) is 23.4. The number of aliphatic hydroxyl groups excluding tert-OH is 1. The molecule has 4 N–H and O–H groups in total. The standard InChI is InChI=1S/C25H24N6O3/c1-15-11-22(34-31-15)20-13-27-25(28-18-7-8-19-17(12-18)9-10-26-24(19)33)30-23(20)29-21(14-32)16-5-3-2-4-6-16/h2-8,11-13,21,32H,9-10,14H2,1H3,(H,26,33)(H2,27,28,29,30)/t21-/m1/s1. The van der Waals surface area contributed by atoms with Crippen LogP contribution in [0, 0.1) is 6.92 Å². The van der Waals surface area contributed by atoms with Crippen molar-refractivity contribution in [3.63, 3.8) is 0 Å². The van der Waals surface area contributed by atoms with E-state index >= 15 is 0 Å². The summed E-state index contributed by atoms with van der Waals surface area (Å²) in [7, 11) is 0. The van der Waals surface area contributed by atoms with Gasteiger partial charge in [0.1, 0.15) is 5.82 Å². The largest absolute Gasteiger partial charge is 0.394 e. The summed E-state index contributed by atoms with van der Waals surface area (Å²) in [6, 6.07) is 16.6. The number of carbonyl (C=O) groups is 1. The molecule has 0 aliphatic carbocycles. The van der Waals surface area contributed by atoms with E-state index in [1.807, 2.05) is 55.5 Å². The van der Waals surface area contributed by atoms with Crippen molar-refractivity contribution < 1.29 is 14.4 Å². The first kappa shape index (κ1) is 21.6. The third-order valence-electron chi connectivity index (χ3n) is 5.66. The summed E-state index contributed by atoms with van der Waals surface area (Å²) in [6.07, 6.45) is 2.42. The molecule has 2 aromatic heterocycles. The van der Waals surface area contributed by atoms with Crippen molar-refractivity contribution in [2.24, 2.45) is 0 Å². The zero-order valence-electron chi connectivity index (χ0n) is 18.6. The normalized spacial score (nSPS) is 13.6. The van der Waals surface area contributed by atoms with Gasteiger partial charge in [0.2, 0.25) is 5.95 Å². The Bertz CT molecular complexity index is 1320. The summed E-state index contributed by atoms with van der Waals surface area (Å²) >= 11 is 0. The number of aromatic nitrogens is 3. The van der Waals surface area contributed by atoms with E-state index in [4.69, 9.17) is 4.52 Å². The molecule has 0 spiro atoms. The Morgan fingerprint density at radius 1 is 1.15 bits per heavy atom. The smallest absolute Gasteiger partial charge is 0.251 e. The van der Waals surface area contributed by atoms with Crippen molar-refractivity contribution in [2.75, 3.05) is 23.8 Å². The SMILES string of the molecule is Cc1cc(-c2cnc(Nc3ccc4c(c3)CCNC4=O)nc2N[C@H](CO)c2ccccc2)on1. The Labute approximate surface area is 196 Å². The lowest BCUT2D eigenvalue weighted by Gasteiger charge is -2.20. The number of fused-ring (bicyclic) bond motifs is 1. The topological polar surface area (TPSA) is 125 Å². The zero-order chi connectivity index (χ0) is 23.5. The second-order valence-electron chi connectivity index (χ2n) is 8.08. The quantitative estimate of drug-likeness (QED) is 0.332. The minimum absolute atomic E-state index is 0.0572. The van der Waals surface area contributed by atoms with Crippen molar-refractivity contribution in [1.29, 1.82) is 0 Å². The van der Waals surface area contributed by atoms with Crippen LogP contribution in [-0.4, -0.2) is 39.3 Å². The average Bonchev–Trinajstić information content (AvgIpc) is 3.29. The van der Waals surface area contributed by atoms with E-state index in [2.05, 4.69) is 31.1 Å². The second kappa shape index (κ2) is 9.32. The highest BCUT2D eigenvalue weighted by atomic mass is 16.5. The summed E-state index contributed by atoms with van der Waals surface area (Å²) in [5.74, 6) is 1.33. The van der Waals surface area contributed by atoms with Gasteiger partial charge in [0, 0.05) is 30.1 Å². The molecule has 1 aliphatic heterocycles. The van der Waals surface area contributed by atoms with Crippen LogP contribution in [0.1, 0.15) is 33.2 Å². The molecule has 9 nitrogen and oxygen atoms in total. The lowest BCUT2D eigenvalue weighted by atomic mass is 10.00. The number of amides is 1. The molecule has 0 unspecified atom stereocenters. The van der Waals surface area contributed by atoms with Gasteiger partial charge in [-0.3, -0.25) is 4.79 Å². The monoisotopic (exact) mass is 456 g/mol. The van der Waals surface area contributed by atoms with E-state index in [-0.39, 0.29) is 18.6 Å². The van der Waals surface area contributed by atoms with Crippen LogP contribution in [-0.2, 0) is 6.42 Å². The maximum absolute atomic E-state index is 12.0. The molecule has 1 aliphatic rings. The molecule has 1 amide bonds. The zero-order valence-corrected chi connectivity index (χ0v) is 18.6. The van der Waals surface area contributed by atoms with Crippen molar-refractivity contribution in [3.8, 4) is 11.3 Å². The molecule has 5 rings (SSSR count).